The Labute approximate surface area is 116 Å². The minimum Gasteiger partial charge on any atom is -0.480 e. The zero-order valence-corrected chi connectivity index (χ0v) is 12.5. The summed E-state index contributed by atoms with van der Waals surface area (Å²) in [6, 6.07) is 5.85. The van der Waals surface area contributed by atoms with Crippen molar-refractivity contribution in [2.24, 2.45) is 0 Å². The lowest BCUT2D eigenvalue weighted by Crippen LogP contribution is -2.33. The van der Waals surface area contributed by atoms with E-state index in [1.54, 1.807) is 14.0 Å². The Kier molecular flexibility index (Phi) is 6.15. The van der Waals surface area contributed by atoms with Gasteiger partial charge >= 0.3 is 0 Å². The van der Waals surface area contributed by atoms with E-state index < -0.39 is 6.10 Å². The van der Waals surface area contributed by atoms with Crippen LogP contribution in [-0.4, -0.2) is 25.6 Å². The molecule has 0 aliphatic carbocycles. The smallest absolute Gasteiger partial charge is 0.260 e. The molecule has 0 saturated carbocycles. The van der Waals surface area contributed by atoms with Crippen LogP contribution in [0.15, 0.2) is 22.7 Å². The minimum atomic E-state index is -0.508. The highest BCUT2D eigenvalue weighted by Crippen LogP contribution is 2.26. The van der Waals surface area contributed by atoms with E-state index in [2.05, 4.69) is 33.5 Å². The van der Waals surface area contributed by atoms with Gasteiger partial charge in [0.2, 0.25) is 0 Å². The largest absolute Gasteiger partial charge is 0.480 e. The number of nitrogens with one attached hydrogen (secondary N) is 2. The van der Waals surface area contributed by atoms with Gasteiger partial charge in [-0.2, -0.15) is 0 Å². The first-order valence-corrected chi connectivity index (χ1v) is 6.75. The fourth-order valence-corrected chi connectivity index (χ4v) is 1.99. The van der Waals surface area contributed by atoms with E-state index >= 15 is 0 Å². The SMILES string of the molecule is CCNCc1ccc(OC(C)C(=O)NC)c(Br)c1. The Morgan fingerprint density at radius 1 is 1.50 bits per heavy atom. The van der Waals surface area contributed by atoms with E-state index in [-0.39, 0.29) is 5.91 Å². The Bertz CT molecular complexity index is 410. The van der Waals surface area contributed by atoms with Crippen molar-refractivity contribution in [3.05, 3.63) is 28.2 Å². The van der Waals surface area contributed by atoms with Crippen LogP contribution in [0, 0.1) is 0 Å². The lowest BCUT2D eigenvalue weighted by molar-refractivity contribution is -0.126. The van der Waals surface area contributed by atoms with E-state index in [1.807, 2.05) is 18.2 Å². The average Bonchev–Trinajstić information content (AvgIpc) is 2.38. The highest BCUT2D eigenvalue weighted by Gasteiger charge is 2.14. The topological polar surface area (TPSA) is 50.4 Å². The Morgan fingerprint density at radius 2 is 2.22 bits per heavy atom. The fraction of sp³-hybridized carbons (Fsp3) is 0.462. The maximum atomic E-state index is 11.4. The number of ether oxygens (including phenoxy) is 1. The second-order valence-electron chi connectivity index (χ2n) is 3.92. The highest BCUT2D eigenvalue weighted by atomic mass is 79.9. The Hall–Kier alpha value is -1.07. The van der Waals surface area contributed by atoms with Crippen molar-refractivity contribution in [1.29, 1.82) is 0 Å². The molecular formula is C13H19BrN2O2. The first-order chi connectivity index (χ1) is 8.58. The number of carbonyl (C=O) groups excluding carboxylic acids is 1. The summed E-state index contributed by atoms with van der Waals surface area (Å²) in [5.74, 6) is 0.532. The van der Waals surface area contributed by atoms with Gasteiger partial charge in [-0.25, -0.2) is 0 Å². The van der Waals surface area contributed by atoms with E-state index in [1.165, 1.54) is 5.56 Å². The molecule has 1 unspecified atom stereocenters. The molecule has 2 N–H and O–H groups in total. The van der Waals surface area contributed by atoms with Crippen LogP contribution in [0.2, 0.25) is 0 Å². The summed E-state index contributed by atoms with van der Waals surface area (Å²) in [7, 11) is 1.59. The van der Waals surface area contributed by atoms with Crippen molar-refractivity contribution in [3.63, 3.8) is 0 Å². The van der Waals surface area contributed by atoms with Gasteiger partial charge in [0.1, 0.15) is 5.75 Å². The van der Waals surface area contributed by atoms with Crippen LogP contribution in [0.1, 0.15) is 19.4 Å². The van der Waals surface area contributed by atoms with E-state index in [0.717, 1.165) is 17.6 Å². The number of amides is 1. The van der Waals surface area contributed by atoms with Gasteiger partial charge in [0, 0.05) is 13.6 Å². The Morgan fingerprint density at radius 3 is 2.78 bits per heavy atom. The lowest BCUT2D eigenvalue weighted by atomic mass is 10.2. The number of carbonyl (C=O) groups is 1. The second-order valence-corrected chi connectivity index (χ2v) is 4.77. The predicted molar refractivity (Wildman–Crippen MR) is 75.7 cm³/mol. The van der Waals surface area contributed by atoms with Crippen LogP contribution in [-0.2, 0) is 11.3 Å². The van der Waals surface area contributed by atoms with Gasteiger partial charge in [0.25, 0.3) is 5.91 Å². The van der Waals surface area contributed by atoms with E-state index in [0.29, 0.717) is 5.75 Å². The number of likely N-dealkylation sites (N-methyl/N-ethyl adjacent to an activating group) is 1. The molecule has 0 heterocycles. The molecule has 18 heavy (non-hydrogen) atoms. The van der Waals surface area contributed by atoms with Crippen LogP contribution in [0.5, 0.6) is 5.75 Å². The van der Waals surface area contributed by atoms with Gasteiger partial charge in [0.05, 0.1) is 4.47 Å². The van der Waals surface area contributed by atoms with Gasteiger partial charge in [-0.15, -0.1) is 0 Å². The predicted octanol–water partition coefficient (Wildman–Crippen LogP) is 2.07. The maximum Gasteiger partial charge on any atom is 0.260 e. The molecule has 5 heteroatoms. The molecular weight excluding hydrogens is 296 g/mol. The number of benzene rings is 1. The van der Waals surface area contributed by atoms with Gasteiger partial charge in [0.15, 0.2) is 6.10 Å². The standard InChI is InChI=1S/C13H19BrN2O2/c1-4-16-8-10-5-6-12(11(14)7-10)18-9(2)13(17)15-3/h5-7,9,16H,4,8H2,1-3H3,(H,15,17). The molecule has 1 rings (SSSR count). The van der Waals surface area contributed by atoms with Gasteiger partial charge in [-0.1, -0.05) is 13.0 Å². The molecule has 0 fully saturated rings. The summed E-state index contributed by atoms with van der Waals surface area (Å²) >= 11 is 3.45. The number of halogens is 1. The number of hydrogen-bond donors (Lipinski definition) is 2. The molecule has 0 aliphatic heterocycles. The lowest BCUT2D eigenvalue weighted by Gasteiger charge is -2.15. The third-order valence-corrected chi connectivity index (χ3v) is 3.11. The second kappa shape index (κ2) is 7.38. The van der Waals surface area contributed by atoms with E-state index in [4.69, 9.17) is 4.74 Å². The first-order valence-electron chi connectivity index (χ1n) is 5.95. The molecule has 0 spiro atoms. The molecule has 100 valence electrons. The molecule has 0 radical (unpaired) electrons. The van der Waals surface area contributed by atoms with Crippen LogP contribution in [0.4, 0.5) is 0 Å². The van der Waals surface area contributed by atoms with Crippen LogP contribution >= 0.6 is 15.9 Å². The van der Waals surface area contributed by atoms with Crippen molar-refractivity contribution >= 4 is 21.8 Å². The summed E-state index contributed by atoms with van der Waals surface area (Å²) in [5, 5.41) is 5.81. The van der Waals surface area contributed by atoms with Gasteiger partial charge in [-0.3, -0.25) is 4.79 Å². The minimum absolute atomic E-state index is 0.140. The molecule has 0 aromatic heterocycles. The molecule has 4 nitrogen and oxygen atoms in total. The zero-order chi connectivity index (χ0) is 13.5. The average molecular weight is 315 g/mol. The zero-order valence-electron chi connectivity index (χ0n) is 10.9. The van der Waals surface area contributed by atoms with Gasteiger partial charge in [-0.05, 0) is 47.1 Å². The summed E-state index contributed by atoms with van der Waals surface area (Å²) in [4.78, 5) is 11.4. The summed E-state index contributed by atoms with van der Waals surface area (Å²) in [6.07, 6.45) is -0.508. The molecule has 1 atom stereocenters. The Balaban J connectivity index is 2.70. The maximum absolute atomic E-state index is 11.4. The third-order valence-electron chi connectivity index (χ3n) is 2.49. The molecule has 0 saturated heterocycles. The number of hydrogen-bond acceptors (Lipinski definition) is 3. The van der Waals surface area contributed by atoms with Crippen molar-refractivity contribution < 1.29 is 9.53 Å². The first kappa shape index (κ1) is 15.0. The molecule has 1 aromatic rings. The molecule has 0 bridgehead atoms. The van der Waals surface area contributed by atoms with Crippen LogP contribution in [0.3, 0.4) is 0 Å². The summed E-state index contributed by atoms with van der Waals surface area (Å²) in [5.41, 5.74) is 1.17. The van der Waals surface area contributed by atoms with Gasteiger partial charge < -0.3 is 15.4 Å². The van der Waals surface area contributed by atoms with Crippen molar-refractivity contribution in [1.82, 2.24) is 10.6 Å². The van der Waals surface area contributed by atoms with E-state index in [9.17, 15) is 4.79 Å². The fourth-order valence-electron chi connectivity index (χ4n) is 1.47. The molecule has 1 amide bonds. The quantitative estimate of drug-likeness (QED) is 0.845. The summed E-state index contributed by atoms with van der Waals surface area (Å²) in [6.45, 7) is 5.54. The number of rotatable bonds is 6. The third kappa shape index (κ3) is 4.31. The summed E-state index contributed by atoms with van der Waals surface area (Å²) < 4.78 is 6.43. The molecule has 0 aliphatic rings. The van der Waals surface area contributed by atoms with Crippen LogP contribution < -0.4 is 15.4 Å². The normalized spacial score (nSPS) is 12.0. The highest BCUT2D eigenvalue weighted by molar-refractivity contribution is 9.10. The van der Waals surface area contributed by atoms with Crippen molar-refractivity contribution in [3.8, 4) is 5.75 Å². The monoisotopic (exact) mass is 314 g/mol. The van der Waals surface area contributed by atoms with Crippen molar-refractivity contribution in [2.45, 2.75) is 26.5 Å². The van der Waals surface area contributed by atoms with Crippen molar-refractivity contribution in [2.75, 3.05) is 13.6 Å². The van der Waals surface area contributed by atoms with Crippen LogP contribution in [0.25, 0.3) is 0 Å². The molecule has 1 aromatic carbocycles.